The van der Waals surface area contributed by atoms with Crippen molar-refractivity contribution >= 4 is 0 Å². The van der Waals surface area contributed by atoms with Crippen molar-refractivity contribution in [3.8, 4) is 0 Å². The fourth-order valence-corrected chi connectivity index (χ4v) is 2.35. The normalized spacial score (nSPS) is 12.6. The Balaban J connectivity index is 2.44. The van der Waals surface area contributed by atoms with Crippen LogP contribution in [0.3, 0.4) is 0 Å². The maximum absolute atomic E-state index is 5.77. The van der Waals surface area contributed by atoms with Crippen LogP contribution in [0.1, 0.15) is 42.4 Å². The summed E-state index contributed by atoms with van der Waals surface area (Å²) in [7, 11) is 0. The van der Waals surface area contributed by atoms with Crippen LogP contribution < -0.4 is 11.3 Å². The number of benzene rings is 1. The van der Waals surface area contributed by atoms with Gasteiger partial charge in [0.1, 0.15) is 0 Å². The largest absolute Gasteiger partial charge is 0.271 e. The lowest BCUT2D eigenvalue weighted by Crippen LogP contribution is -2.30. The molecule has 0 fully saturated rings. The van der Waals surface area contributed by atoms with Crippen molar-refractivity contribution < 1.29 is 0 Å². The van der Waals surface area contributed by atoms with Crippen LogP contribution in [0.2, 0.25) is 0 Å². The van der Waals surface area contributed by atoms with Crippen LogP contribution in [-0.2, 0) is 13.0 Å². The van der Waals surface area contributed by atoms with Gasteiger partial charge in [0.05, 0.1) is 17.4 Å². The van der Waals surface area contributed by atoms with E-state index in [9.17, 15) is 0 Å². The van der Waals surface area contributed by atoms with Crippen molar-refractivity contribution in [2.24, 2.45) is 5.84 Å². The molecule has 1 unspecified atom stereocenters. The van der Waals surface area contributed by atoms with Crippen molar-refractivity contribution in [1.82, 2.24) is 15.2 Å². The van der Waals surface area contributed by atoms with Crippen LogP contribution >= 0.6 is 0 Å². The molecular weight excluding hydrogens is 236 g/mol. The third kappa shape index (κ3) is 2.85. The Morgan fingerprint density at radius 1 is 1.32 bits per heavy atom. The Bertz CT molecular complexity index is 545. The minimum atomic E-state index is -0.0207. The molecule has 0 radical (unpaired) electrons. The maximum atomic E-state index is 5.77. The van der Waals surface area contributed by atoms with Gasteiger partial charge in [-0.25, -0.2) is 5.43 Å². The monoisotopic (exact) mass is 258 g/mol. The Morgan fingerprint density at radius 2 is 2.11 bits per heavy atom. The minimum absolute atomic E-state index is 0.0207. The lowest BCUT2D eigenvalue weighted by Gasteiger charge is -2.18. The van der Waals surface area contributed by atoms with Gasteiger partial charge in [-0.3, -0.25) is 10.5 Å². The predicted molar refractivity (Wildman–Crippen MR) is 77.6 cm³/mol. The van der Waals surface area contributed by atoms with Gasteiger partial charge in [-0.15, -0.1) is 0 Å². The summed E-state index contributed by atoms with van der Waals surface area (Å²) in [5, 5.41) is 4.59. The molecule has 0 amide bonds. The van der Waals surface area contributed by atoms with Crippen LogP contribution in [0, 0.1) is 6.92 Å². The first-order valence-corrected chi connectivity index (χ1v) is 6.78. The number of rotatable bonds is 5. The van der Waals surface area contributed by atoms with E-state index in [2.05, 4.69) is 61.6 Å². The summed E-state index contributed by atoms with van der Waals surface area (Å²) in [6, 6.07) is 10.5. The average Bonchev–Trinajstić information content (AvgIpc) is 2.83. The molecule has 0 bridgehead atoms. The summed E-state index contributed by atoms with van der Waals surface area (Å²) in [6.45, 7) is 7.15. The van der Waals surface area contributed by atoms with Crippen LogP contribution in [-0.4, -0.2) is 9.78 Å². The molecule has 102 valence electrons. The van der Waals surface area contributed by atoms with E-state index in [1.807, 2.05) is 4.68 Å². The third-order valence-electron chi connectivity index (χ3n) is 3.36. The van der Waals surface area contributed by atoms with Crippen molar-refractivity contribution in [3.63, 3.8) is 0 Å². The molecule has 2 rings (SSSR count). The van der Waals surface area contributed by atoms with Gasteiger partial charge >= 0.3 is 0 Å². The van der Waals surface area contributed by atoms with Crippen LogP contribution in [0.15, 0.2) is 30.3 Å². The first-order valence-electron chi connectivity index (χ1n) is 6.78. The standard InChI is InChI=1S/C15H22N4/c1-4-13-10-14(19(5-2)18-13)15(17-16)12-8-6-7-11(3)9-12/h6-10,15,17H,4-5,16H2,1-3H3. The van der Waals surface area contributed by atoms with E-state index in [1.54, 1.807) is 0 Å². The van der Waals surface area contributed by atoms with Gasteiger partial charge in [0.25, 0.3) is 0 Å². The van der Waals surface area contributed by atoms with Gasteiger partial charge in [0.2, 0.25) is 0 Å². The molecule has 2 aromatic rings. The molecule has 3 N–H and O–H groups in total. The zero-order valence-electron chi connectivity index (χ0n) is 11.9. The van der Waals surface area contributed by atoms with Crippen molar-refractivity contribution in [2.75, 3.05) is 0 Å². The minimum Gasteiger partial charge on any atom is -0.271 e. The molecule has 0 saturated heterocycles. The van der Waals surface area contributed by atoms with Gasteiger partial charge in [-0.2, -0.15) is 5.10 Å². The fraction of sp³-hybridized carbons (Fsp3) is 0.400. The topological polar surface area (TPSA) is 55.9 Å². The van der Waals surface area contributed by atoms with Crippen LogP contribution in [0.5, 0.6) is 0 Å². The summed E-state index contributed by atoms with van der Waals surface area (Å²) in [5.41, 5.74) is 7.53. The van der Waals surface area contributed by atoms with E-state index < -0.39 is 0 Å². The summed E-state index contributed by atoms with van der Waals surface area (Å²) in [5.74, 6) is 5.77. The van der Waals surface area contributed by atoms with Gasteiger partial charge in [-0.1, -0.05) is 36.8 Å². The number of hydrogen-bond acceptors (Lipinski definition) is 3. The van der Waals surface area contributed by atoms with Crippen LogP contribution in [0.25, 0.3) is 0 Å². The second-order valence-corrected chi connectivity index (χ2v) is 4.74. The smallest absolute Gasteiger partial charge is 0.0878 e. The Hall–Kier alpha value is -1.65. The molecule has 0 saturated carbocycles. The SMILES string of the molecule is CCc1cc(C(NN)c2cccc(C)c2)n(CC)n1. The Kier molecular flexibility index (Phi) is 4.35. The van der Waals surface area contributed by atoms with Crippen molar-refractivity contribution in [1.29, 1.82) is 0 Å². The van der Waals surface area contributed by atoms with Gasteiger partial charge in [0.15, 0.2) is 0 Å². The number of nitrogens with two attached hydrogens (primary N) is 1. The van der Waals surface area contributed by atoms with Crippen molar-refractivity contribution in [2.45, 2.75) is 39.8 Å². The summed E-state index contributed by atoms with van der Waals surface area (Å²) < 4.78 is 2.02. The van der Waals surface area contributed by atoms with Gasteiger partial charge in [0, 0.05) is 6.54 Å². The highest BCUT2D eigenvalue weighted by Gasteiger charge is 2.18. The number of nitrogens with one attached hydrogen (secondary N) is 1. The third-order valence-corrected chi connectivity index (χ3v) is 3.36. The highest BCUT2D eigenvalue weighted by Crippen LogP contribution is 2.23. The highest BCUT2D eigenvalue weighted by molar-refractivity contribution is 5.31. The highest BCUT2D eigenvalue weighted by atomic mass is 15.3. The number of nitrogens with zero attached hydrogens (tertiary/aromatic N) is 2. The zero-order valence-corrected chi connectivity index (χ0v) is 11.9. The van der Waals surface area contributed by atoms with E-state index in [1.165, 1.54) is 11.1 Å². The number of hydrazine groups is 1. The predicted octanol–water partition coefficient (Wildman–Crippen LogP) is 2.33. The number of aryl methyl sites for hydroxylation is 3. The molecular formula is C15H22N4. The maximum Gasteiger partial charge on any atom is 0.0878 e. The molecule has 4 heteroatoms. The molecule has 0 aliphatic carbocycles. The number of aromatic nitrogens is 2. The second kappa shape index (κ2) is 5.99. The zero-order chi connectivity index (χ0) is 13.8. The quantitative estimate of drug-likeness (QED) is 0.639. The lowest BCUT2D eigenvalue weighted by molar-refractivity contribution is 0.541. The Labute approximate surface area is 114 Å². The van der Waals surface area contributed by atoms with E-state index in [0.717, 1.165) is 24.4 Å². The molecule has 1 aromatic carbocycles. The van der Waals surface area contributed by atoms with Gasteiger partial charge < -0.3 is 0 Å². The van der Waals surface area contributed by atoms with E-state index in [-0.39, 0.29) is 6.04 Å². The summed E-state index contributed by atoms with van der Waals surface area (Å²) >= 11 is 0. The van der Waals surface area contributed by atoms with E-state index in [4.69, 9.17) is 5.84 Å². The average molecular weight is 258 g/mol. The molecule has 0 aliphatic rings. The molecule has 4 nitrogen and oxygen atoms in total. The molecule has 1 atom stereocenters. The van der Waals surface area contributed by atoms with Crippen LogP contribution in [0.4, 0.5) is 0 Å². The molecule has 19 heavy (non-hydrogen) atoms. The molecule has 0 spiro atoms. The summed E-state index contributed by atoms with van der Waals surface area (Å²) in [6.07, 6.45) is 0.936. The van der Waals surface area contributed by atoms with Gasteiger partial charge in [-0.05, 0) is 31.9 Å². The molecule has 1 aromatic heterocycles. The first kappa shape index (κ1) is 13.8. The molecule has 1 heterocycles. The fourth-order valence-electron chi connectivity index (χ4n) is 2.35. The Morgan fingerprint density at radius 3 is 2.68 bits per heavy atom. The van der Waals surface area contributed by atoms with E-state index in [0.29, 0.717) is 0 Å². The molecule has 0 aliphatic heterocycles. The second-order valence-electron chi connectivity index (χ2n) is 4.74. The van der Waals surface area contributed by atoms with Crippen molar-refractivity contribution in [3.05, 3.63) is 52.8 Å². The lowest BCUT2D eigenvalue weighted by atomic mass is 10.0. The van der Waals surface area contributed by atoms with E-state index >= 15 is 0 Å². The first-order chi connectivity index (χ1) is 9.19. The number of hydrogen-bond donors (Lipinski definition) is 2. The summed E-state index contributed by atoms with van der Waals surface area (Å²) in [4.78, 5) is 0.